The Morgan fingerprint density at radius 2 is 1.63 bits per heavy atom. The van der Waals surface area contributed by atoms with Gasteiger partial charge < -0.3 is 9.84 Å². The van der Waals surface area contributed by atoms with E-state index in [1.807, 2.05) is 36.4 Å². The van der Waals surface area contributed by atoms with Crippen molar-refractivity contribution < 1.29 is 14.6 Å². The van der Waals surface area contributed by atoms with E-state index in [1.54, 1.807) is 13.3 Å². The summed E-state index contributed by atoms with van der Waals surface area (Å²) >= 11 is 0. The van der Waals surface area contributed by atoms with Crippen LogP contribution in [0.5, 0.6) is 11.5 Å². The summed E-state index contributed by atoms with van der Waals surface area (Å²) in [5.74, 6) is 0.887. The van der Waals surface area contributed by atoms with E-state index >= 15 is 0 Å². The molecule has 0 saturated heterocycles. The molecule has 162 valence electrons. The van der Waals surface area contributed by atoms with E-state index in [0.717, 1.165) is 22.3 Å². The summed E-state index contributed by atoms with van der Waals surface area (Å²) in [6, 6.07) is 11.5. The summed E-state index contributed by atoms with van der Waals surface area (Å²) in [4.78, 5) is 12.3. The summed E-state index contributed by atoms with van der Waals surface area (Å²) in [5, 5.41) is 14.9. The monoisotopic (exact) mass is 410 g/mol. The minimum absolute atomic E-state index is 0.163. The zero-order valence-corrected chi connectivity index (χ0v) is 19.2. The van der Waals surface area contributed by atoms with Crippen molar-refractivity contribution in [2.75, 3.05) is 7.11 Å². The summed E-state index contributed by atoms with van der Waals surface area (Å²) in [5.41, 5.74) is 5.83. The number of hydrogen-bond donors (Lipinski definition) is 2. The highest BCUT2D eigenvalue weighted by Gasteiger charge is 2.26. The molecule has 0 bridgehead atoms. The zero-order valence-electron chi connectivity index (χ0n) is 19.2. The summed E-state index contributed by atoms with van der Waals surface area (Å²) < 4.78 is 5.27. The van der Waals surface area contributed by atoms with Crippen LogP contribution in [0.25, 0.3) is 0 Å². The van der Waals surface area contributed by atoms with Crippen LogP contribution in [0.15, 0.2) is 41.5 Å². The van der Waals surface area contributed by atoms with Crippen LogP contribution in [0.2, 0.25) is 0 Å². The first kappa shape index (κ1) is 23.5. The molecule has 2 aromatic rings. The van der Waals surface area contributed by atoms with Gasteiger partial charge in [-0.05, 0) is 46.1 Å². The normalized spacial score (nSPS) is 12.2. The molecular weight excluding hydrogens is 376 g/mol. The molecule has 0 fully saturated rings. The predicted molar refractivity (Wildman–Crippen MR) is 123 cm³/mol. The highest BCUT2D eigenvalue weighted by atomic mass is 16.5. The van der Waals surface area contributed by atoms with Gasteiger partial charge >= 0.3 is 0 Å². The van der Waals surface area contributed by atoms with Crippen molar-refractivity contribution in [1.29, 1.82) is 0 Å². The first-order chi connectivity index (χ1) is 13.9. The second-order valence-corrected chi connectivity index (χ2v) is 9.57. The van der Waals surface area contributed by atoms with Crippen LogP contribution in [0.4, 0.5) is 0 Å². The first-order valence-corrected chi connectivity index (χ1v) is 10.2. The minimum Gasteiger partial charge on any atom is -0.507 e. The van der Waals surface area contributed by atoms with Crippen molar-refractivity contribution in [1.82, 2.24) is 5.43 Å². The van der Waals surface area contributed by atoms with Gasteiger partial charge in [0.2, 0.25) is 5.91 Å². The second kappa shape index (κ2) is 9.33. The van der Waals surface area contributed by atoms with E-state index in [1.165, 1.54) is 0 Å². The Labute approximate surface area is 180 Å². The van der Waals surface area contributed by atoms with Crippen LogP contribution in [0.1, 0.15) is 70.2 Å². The number of amides is 1. The lowest BCUT2D eigenvalue weighted by molar-refractivity contribution is -0.121. The highest BCUT2D eigenvalue weighted by molar-refractivity contribution is 5.85. The van der Waals surface area contributed by atoms with Crippen LogP contribution in [-0.4, -0.2) is 24.3 Å². The molecule has 2 aromatic carbocycles. The van der Waals surface area contributed by atoms with Crippen molar-refractivity contribution >= 4 is 12.1 Å². The molecule has 5 heteroatoms. The van der Waals surface area contributed by atoms with Gasteiger partial charge in [-0.2, -0.15) is 5.10 Å². The average molecular weight is 411 g/mol. The molecule has 1 amide bonds. The van der Waals surface area contributed by atoms with Gasteiger partial charge in [-0.25, -0.2) is 5.43 Å². The number of aryl methyl sites for hydroxylation is 1. The van der Waals surface area contributed by atoms with Gasteiger partial charge in [0, 0.05) is 12.0 Å². The Morgan fingerprint density at radius 3 is 2.17 bits per heavy atom. The quantitative estimate of drug-likeness (QED) is 0.515. The maximum Gasteiger partial charge on any atom is 0.240 e. The fourth-order valence-electron chi connectivity index (χ4n) is 3.24. The molecule has 0 aromatic heterocycles. The lowest BCUT2D eigenvalue weighted by Crippen LogP contribution is -2.20. The molecule has 0 unspecified atom stereocenters. The Bertz CT molecular complexity index is 884. The van der Waals surface area contributed by atoms with Crippen LogP contribution in [-0.2, 0) is 22.0 Å². The van der Waals surface area contributed by atoms with E-state index in [2.05, 4.69) is 52.1 Å². The fraction of sp³-hybridized carbons (Fsp3) is 0.440. The van der Waals surface area contributed by atoms with Gasteiger partial charge in [-0.1, -0.05) is 65.8 Å². The number of phenols is 1. The maximum atomic E-state index is 12.3. The molecule has 30 heavy (non-hydrogen) atoms. The molecule has 0 saturated carbocycles. The molecule has 0 radical (unpaired) electrons. The van der Waals surface area contributed by atoms with Crippen molar-refractivity contribution in [3.63, 3.8) is 0 Å². The van der Waals surface area contributed by atoms with Crippen molar-refractivity contribution in [2.24, 2.45) is 5.10 Å². The molecule has 0 aliphatic heterocycles. The standard InChI is InChI=1S/C25H34N2O3/c1-24(2,3)19-14-17(15-20(23(19)29)25(4,5)6)12-13-22(28)27-26-16-18-10-8-9-11-21(18)30-7/h8-11,14-16,29H,12-13H2,1-7H3,(H,27,28)/b26-16-. The Morgan fingerprint density at radius 1 is 1.07 bits per heavy atom. The predicted octanol–water partition coefficient (Wildman–Crippen LogP) is 5.08. The van der Waals surface area contributed by atoms with Gasteiger partial charge in [-0.3, -0.25) is 4.79 Å². The van der Waals surface area contributed by atoms with Gasteiger partial charge in [0.1, 0.15) is 11.5 Å². The second-order valence-electron chi connectivity index (χ2n) is 9.57. The van der Waals surface area contributed by atoms with Crippen molar-refractivity contribution in [3.05, 3.63) is 58.7 Å². The SMILES string of the molecule is COc1ccccc1/C=N\NC(=O)CCc1cc(C(C)(C)C)c(O)c(C(C)(C)C)c1. The van der Waals surface area contributed by atoms with Crippen LogP contribution in [0, 0.1) is 0 Å². The van der Waals surface area contributed by atoms with Gasteiger partial charge in [-0.15, -0.1) is 0 Å². The van der Waals surface area contributed by atoms with Gasteiger partial charge in [0.05, 0.1) is 13.3 Å². The number of carbonyl (C=O) groups is 1. The molecule has 2 N–H and O–H groups in total. The van der Waals surface area contributed by atoms with E-state index in [4.69, 9.17) is 4.74 Å². The fourth-order valence-corrected chi connectivity index (χ4v) is 3.24. The lowest BCUT2D eigenvalue weighted by atomic mass is 9.78. The number of ether oxygens (including phenoxy) is 1. The van der Waals surface area contributed by atoms with E-state index < -0.39 is 0 Å². The summed E-state index contributed by atoms with van der Waals surface area (Å²) in [6.45, 7) is 12.5. The number of methoxy groups -OCH3 is 1. The molecule has 5 nitrogen and oxygen atoms in total. The Kier molecular flexibility index (Phi) is 7.30. The first-order valence-electron chi connectivity index (χ1n) is 10.2. The molecule has 0 atom stereocenters. The number of phenolic OH excluding ortho intramolecular Hbond substituents is 1. The molecular formula is C25H34N2O3. The number of nitrogens with one attached hydrogen (secondary N) is 1. The number of carbonyl (C=O) groups excluding carboxylic acids is 1. The number of nitrogens with zero attached hydrogens (tertiary/aromatic N) is 1. The van der Waals surface area contributed by atoms with Gasteiger partial charge in [0.15, 0.2) is 0 Å². The zero-order chi connectivity index (χ0) is 22.5. The average Bonchev–Trinajstić information content (AvgIpc) is 2.65. The van der Waals surface area contributed by atoms with Crippen LogP contribution in [0.3, 0.4) is 0 Å². The van der Waals surface area contributed by atoms with Crippen molar-refractivity contribution in [2.45, 2.75) is 65.2 Å². The van der Waals surface area contributed by atoms with Crippen LogP contribution < -0.4 is 10.2 Å². The Hall–Kier alpha value is -2.82. The smallest absolute Gasteiger partial charge is 0.240 e. The van der Waals surface area contributed by atoms with E-state index in [0.29, 0.717) is 24.3 Å². The number of para-hydroxylation sites is 1. The third kappa shape index (κ3) is 6.09. The van der Waals surface area contributed by atoms with Gasteiger partial charge in [0.25, 0.3) is 0 Å². The van der Waals surface area contributed by atoms with E-state index in [9.17, 15) is 9.90 Å². The number of aromatic hydroxyl groups is 1. The topological polar surface area (TPSA) is 70.9 Å². The molecule has 0 aliphatic rings. The number of rotatable bonds is 6. The lowest BCUT2D eigenvalue weighted by Gasteiger charge is -2.28. The van der Waals surface area contributed by atoms with Crippen molar-refractivity contribution in [3.8, 4) is 11.5 Å². The number of hydrazone groups is 1. The molecule has 0 spiro atoms. The Balaban J connectivity index is 2.11. The molecule has 0 heterocycles. The van der Waals surface area contributed by atoms with E-state index in [-0.39, 0.29) is 16.7 Å². The molecule has 0 aliphatic carbocycles. The molecule has 2 rings (SSSR count). The number of hydrogen-bond acceptors (Lipinski definition) is 4. The summed E-state index contributed by atoms with van der Waals surface area (Å²) in [6.07, 6.45) is 2.45. The summed E-state index contributed by atoms with van der Waals surface area (Å²) in [7, 11) is 1.60. The third-order valence-corrected chi connectivity index (χ3v) is 4.96. The van der Waals surface area contributed by atoms with Crippen LogP contribution >= 0.6 is 0 Å². The maximum absolute atomic E-state index is 12.3. The third-order valence-electron chi connectivity index (χ3n) is 4.96. The largest absolute Gasteiger partial charge is 0.507 e. The number of benzene rings is 2. The minimum atomic E-state index is -0.193. The highest BCUT2D eigenvalue weighted by Crippen LogP contribution is 2.39.